The van der Waals surface area contributed by atoms with Crippen molar-refractivity contribution in [3.63, 3.8) is 0 Å². The zero-order valence-electron chi connectivity index (χ0n) is 17.2. The van der Waals surface area contributed by atoms with Crippen LogP contribution in [0.4, 0.5) is 23.7 Å². The van der Waals surface area contributed by atoms with Crippen molar-refractivity contribution in [2.75, 3.05) is 38.0 Å². The van der Waals surface area contributed by atoms with Gasteiger partial charge in [-0.05, 0) is 24.6 Å². The number of alkyl halides is 3. The Hall–Kier alpha value is -3.07. The number of para-hydroxylation sites is 1. The van der Waals surface area contributed by atoms with Crippen LogP contribution in [0.15, 0.2) is 48.5 Å². The van der Waals surface area contributed by atoms with Gasteiger partial charge in [0.2, 0.25) is 5.91 Å². The third-order valence-electron chi connectivity index (χ3n) is 5.10. The van der Waals surface area contributed by atoms with Crippen LogP contribution >= 0.6 is 0 Å². The monoisotopic (exact) mass is 434 g/mol. The summed E-state index contributed by atoms with van der Waals surface area (Å²) in [6.45, 7) is 4.19. The molecule has 0 saturated carbocycles. The van der Waals surface area contributed by atoms with E-state index < -0.39 is 17.6 Å². The van der Waals surface area contributed by atoms with Crippen LogP contribution in [0.25, 0.3) is 0 Å². The summed E-state index contributed by atoms with van der Waals surface area (Å²) in [4.78, 5) is 28.1. The Morgan fingerprint density at radius 1 is 0.968 bits per heavy atom. The lowest BCUT2D eigenvalue weighted by molar-refractivity contribution is -0.137. The minimum Gasteiger partial charge on any atom is -0.334 e. The van der Waals surface area contributed by atoms with Crippen LogP contribution in [0.1, 0.15) is 16.7 Å². The number of nitrogens with zero attached hydrogens (tertiary/aromatic N) is 2. The molecule has 166 valence electrons. The third-order valence-corrected chi connectivity index (χ3v) is 5.10. The average molecular weight is 434 g/mol. The van der Waals surface area contributed by atoms with Crippen molar-refractivity contribution in [2.24, 2.45) is 0 Å². The second-order valence-electron chi connectivity index (χ2n) is 7.50. The minimum atomic E-state index is -4.54. The Bertz CT molecular complexity index is 908. The van der Waals surface area contributed by atoms with Gasteiger partial charge in [0.1, 0.15) is 0 Å². The molecule has 3 amide bonds. The Kier molecular flexibility index (Phi) is 7.17. The molecule has 1 aliphatic rings. The van der Waals surface area contributed by atoms with Gasteiger partial charge in [0.05, 0.1) is 17.8 Å². The fourth-order valence-electron chi connectivity index (χ4n) is 3.34. The molecule has 1 saturated heterocycles. The SMILES string of the molecule is Cc1ccc(CNC(=O)N2CCN(CC(=O)Nc3ccccc3C(F)(F)F)CC2)cc1. The number of anilines is 1. The molecule has 2 N–H and O–H groups in total. The Labute approximate surface area is 179 Å². The maximum Gasteiger partial charge on any atom is 0.418 e. The van der Waals surface area contributed by atoms with Crippen LogP contribution in [-0.2, 0) is 17.5 Å². The first-order valence-electron chi connectivity index (χ1n) is 9.99. The number of nitrogens with one attached hydrogen (secondary N) is 2. The predicted octanol–water partition coefficient (Wildman–Crippen LogP) is 3.48. The molecule has 2 aromatic carbocycles. The van der Waals surface area contributed by atoms with Gasteiger partial charge in [-0.15, -0.1) is 0 Å². The van der Waals surface area contributed by atoms with E-state index in [1.165, 1.54) is 18.2 Å². The van der Waals surface area contributed by atoms with Gasteiger partial charge >= 0.3 is 12.2 Å². The number of carbonyl (C=O) groups is 2. The summed E-state index contributed by atoms with van der Waals surface area (Å²) in [5.41, 5.74) is 1.03. The van der Waals surface area contributed by atoms with Gasteiger partial charge in [-0.3, -0.25) is 9.69 Å². The lowest BCUT2D eigenvalue weighted by atomic mass is 10.1. The zero-order chi connectivity index (χ0) is 22.4. The van der Waals surface area contributed by atoms with Crippen molar-refractivity contribution in [3.05, 3.63) is 65.2 Å². The second kappa shape index (κ2) is 9.82. The first-order chi connectivity index (χ1) is 14.7. The van der Waals surface area contributed by atoms with E-state index in [0.717, 1.165) is 17.2 Å². The maximum absolute atomic E-state index is 13.1. The van der Waals surface area contributed by atoms with E-state index in [4.69, 9.17) is 0 Å². The highest BCUT2D eigenvalue weighted by molar-refractivity contribution is 5.93. The number of benzene rings is 2. The Morgan fingerprint density at radius 3 is 2.26 bits per heavy atom. The molecule has 0 bridgehead atoms. The number of urea groups is 1. The van der Waals surface area contributed by atoms with E-state index in [2.05, 4.69) is 10.6 Å². The number of piperazine rings is 1. The van der Waals surface area contributed by atoms with Crippen molar-refractivity contribution in [1.82, 2.24) is 15.1 Å². The van der Waals surface area contributed by atoms with Crippen LogP contribution < -0.4 is 10.6 Å². The quantitative estimate of drug-likeness (QED) is 0.758. The topological polar surface area (TPSA) is 64.7 Å². The standard InChI is InChI=1S/C22H25F3N4O2/c1-16-6-8-17(9-7-16)14-26-21(31)29-12-10-28(11-13-29)15-20(30)27-19-5-3-2-4-18(19)22(23,24)25/h2-9H,10-15H2,1H3,(H,26,31)(H,27,30). The lowest BCUT2D eigenvalue weighted by Crippen LogP contribution is -2.52. The van der Waals surface area contributed by atoms with Crippen LogP contribution in [0.5, 0.6) is 0 Å². The molecule has 3 rings (SSSR count). The Morgan fingerprint density at radius 2 is 1.61 bits per heavy atom. The fourth-order valence-corrected chi connectivity index (χ4v) is 3.34. The smallest absolute Gasteiger partial charge is 0.334 e. The van der Waals surface area contributed by atoms with Gasteiger partial charge in [0, 0.05) is 32.7 Å². The normalized spacial score (nSPS) is 14.9. The molecule has 2 aromatic rings. The molecule has 0 aliphatic carbocycles. The van der Waals surface area contributed by atoms with E-state index in [0.29, 0.717) is 32.7 Å². The summed E-state index contributed by atoms with van der Waals surface area (Å²) in [5, 5.41) is 5.23. The molecular weight excluding hydrogens is 409 g/mol. The van der Waals surface area contributed by atoms with Gasteiger partial charge in [0.25, 0.3) is 0 Å². The summed E-state index contributed by atoms with van der Waals surface area (Å²) in [6, 6.07) is 12.6. The molecule has 1 heterocycles. The van der Waals surface area contributed by atoms with Crippen LogP contribution in [0.3, 0.4) is 0 Å². The molecule has 0 radical (unpaired) electrons. The van der Waals surface area contributed by atoms with Gasteiger partial charge in [-0.25, -0.2) is 4.79 Å². The molecule has 31 heavy (non-hydrogen) atoms. The number of carbonyl (C=O) groups excluding carboxylic acids is 2. The summed E-state index contributed by atoms with van der Waals surface area (Å²) in [7, 11) is 0. The predicted molar refractivity (Wildman–Crippen MR) is 112 cm³/mol. The van der Waals surface area contributed by atoms with Crippen molar-refractivity contribution in [2.45, 2.75) is 19.6 Å². The van der Waals surface area contributed by atoms with E-state index in [-0.39, 0.29) is 18.3 Å². The first kappa shape index (κ1) is 22.6. The molecular formula is C22H25F3N4O2. The number of hydrogen-bond donors (Lipinski definition) is 2. The van der Waals surface area contributed by atoms with E-state index in [1.807, 2.05) is 36.1 Å². The average Bonchev–Trinajstić information content (AvgIpc) is 2.73. The van der Waals surface area contributed by atoms with E-state index in [9.17, 15) is 22.8 Å². The number of amides is 3. The molecule has 0 spiro atoms. The summed E-state index contributed by atoms with van der Waals surface area (Å²) < 4.78 is 39.2. The Balaban J connectivity index is 1.44. The summed E-state index contributed by atoms with van der Waals surface area (Å²) >= 11 is 0. The van der Waals surface area contributed by atoms with Gasteiger partial charge in [-0.2, -0.15) is 13.2 Å². The molecule has 0 aromatic heterocycles. The van der Waals surface area contributed by atoms with Crippen LogP contribution in [-0.4, -0.2) is 54.5 Å². The zero-order valence-corrected chi connectivity index (χ0v) is 17.2. The highest BCUT2D eigenvalue weighted by Gasteiger charge is 2.33. The van der Waals surface area contributed by atoms with Crippen molar-refractivity contribution in [1.29, 1.82) is 0 Å². The number of halogens is 3. The van der Waals surface area contributed by atoms with Crippen LogP contribution in [0.2, 0.25) is 0 Å². The fraction of sp³-hybridized carbons (Fsp3) is 0.364. The number of rotatable bonds is 5. The number of aryl methyl sites for hydroxylation is 1. The summed E-state index contributed by atoms with van der Waals surface area (Å²) in [6.07, 6.45) is -4.54. The molecule has 0 atom stereocenters. The third kappa shape index (κ3) is 6.45. The molecule has 1 fully saturated rings. The van der Waals surface area contributed by atoms with Crippen molar-refractivity contribution in [3.8, 4) is 0 Å². The summed E-state index contributed by atoms with van der Waals surface area (Å²) in [5.74, 6) is -0.519. The highest BCUT2D eigenvalue weighted by Crippen LogP contribution is 2.34. The second-order valence-corrected chi connectivity index (χ2v) is 7.50. The first-order valence-corrected chi connectivity index (χ1v) is 9.99. The van der Waals surface area contributed by atoms with Gasteiger partial charge in [-0.1, -0.05) is 42.0 Å². The lowest BCUT2D eigenvalue weighted by Gasteiger charge is -2.34. The highest BCUT2D eigenvalue weighted by atomic mass is 19.4. The minimum absolute atomic E-state index is 0.0367. The van der Waals surface area contributed by atoms with Crippen molar-refractivity contribution < 1.29 is 22.8 Å². The van der Waals surface area contributed by atoms with E-state index >= 15 is 0 Å². The van der Waals surface area contributed by atoms with Crippen LogP contribution in [0, 0.1) is 6.92 Å². The van der Waals surface area contributed by atoms with E-state index in [1.54, 1.807) is 4.90 Å². The molecule has 1 aliphatic heterocycles. The molecule has 9 heteroatoms. The molecule has 0 unspecified atom stereocenters. The van der Waals surface area contributed by atoms with Gasteiger partial charge < -0.3 is 15.5 Å². The number of hydrogen-bond acceptors (Lipinski definition) is 3. The van der Waals surface area contributed by atoms with Crippen molar-refractivity contribution >= 4 is 17.6 Å². The van der Waals surface area contributed by atoms with Gasteiger partial charge in [0.15, 0.2) is 0 Å². The maximum atomic E-state index is 13.1. The largest absolute Gasteiger partial charge is 0.418 e. The molecule has 6 nitrogen and oxygen atoms in total.